The van der Waals surface area contributed by atoms with Crippen LogP contribution in [0.2, 0.25) is 0 Å². The van der Waals surface area contributed by atoms with Crippen LogP contribution in [-0.2, 0) is 4.74 Å². The zero-order valence-electron chi connectivity index (χ0n) is 12.7. The molecule has 1 aliphatic carbocycles. The van der Waals surface area contributed by atoms with Crippen LogP contribution >= 0.6 is 0 Å². The molecular formula is C17H25F2NO. The van der Waals surface area contributed by atoms with Crippen LogP contribution in [0.1, 0.15) is 57.1 Å². The number of hydrogen-bond donors (Lipinski definition) is 1. The van der Waals surface area contributed by atoms with Crippen molar-refractivity contribution in [1.29, 1.82) is 0 Å². The van der Waals surface area contributed by atoms with E-state index < -0.39 is 11.6 Å². The predicted molar refractivity (Wildman–Crippen MR) is 80.2 cm³/mol. The Hall–Kier alpha value is -1.00. The fraction of sp³-hybridized carbons (Fsp3) is 0.647. The van der Waals surface area contributed by atoms with Crippen LogP contribution < -0.4 is 5.32 Å². The van der Waals surface area contributed by atoms with Gasteiger partial charge >= 0.3 is 0 Å². The zero-order chi connectivity index (χ0) is 15.1. The van der Waals surface area contributed by atoms with E-state index in [1.165, 1.54) is 19.3 Å². The second-order valence-corrected chi connectivity index (χ2v) is 5.74. The Bertz CT molecular complexity index is 433. The van der Waals surface area contributed by atoms with E-state index >= 15 is 0 Å². The van der Waals surface area contributed by atoms with Crippen molar-refractivity contribution in [3.63, 3.8) is 0 Å². The van der Waals surface area contributed by atoms with E-state index in [1.807, 2.05) is 6.92 Å². The molecule has 1 saturated carbocycles. The number of halogens is 2. The van der Waals surface area contributed by atoms with Crippen LogP contribution in [0.3, 0.4) is 0 Å². The fourth-order valence-corrected chi connectivity index (χ4v) is 2.83. The topological polar surface area (TPSA) is 21.3 Å². The van der Waals surface area contributed by atoms with Crippen molar-refractivity contribution in [2.75, 3.05) is 13.2 Å². The normalized spacial score (nSPS) is 17.9. The molecule has 0 heterocycles. The summed E-state index contributed by atoms with van der Waals surface area (Å²) in [6.07, 6.45) is 7.03. The lowest BCUT2D eigenvalue weighted by Gasteiger charge is -2.26. The molecule has 118 valence electrons. The maximum atomic E-state index is 14.0. The quantitative estimate of drug-likeness (QED) is 0.807. The standard InChI is InChI=1S/C17H25F2NO/c1-2-11-20-16(12-21-13-7-4-3-5-8-13)14-9-6-10-15(18)17(14)19/h6,9-10,13,16,20H,2-5,7-8,11-12H2,1H3. The second-order valence-electron chi connectivity index (χ2n) is 5.74. The van der Waals surface area contributed by atoms with Crippen molar-refractivity contribution in [2.45, 2.75) is 57.6 Å². The predicted octanol–water partition coefficient (Wildman–Crippen LogP) is 4.35. The smallest absolute Gasteiger partial charge is 0.163 e. The first-order chi connectivity index (χ1) is 10.2. The Kier molecular flexibility index (Phi) is 6.58. The van der Waals surface area contributed by atoms with Gasteiger partial charge in [-0.1, -0.05) is 38.3 Å². The molecule has 0 aliphatic heterocycles. The van der Waals surface area contributed by atoms with Gasteiger partial charge in [-0.05, 0) is 31.9 Å². The third-order valence-electron chi connectivity index (χ3n) is 4.05. The number of benzene rings is 1. The van der Waals surface area contributed by atoms with E-state index in [-0.39, 0.29) is 12.1 Å². The van der Waals surface area contributed by atoms with Crippen molar-refractivity contribution in [2.24, 2.45) is 0 Å². The Morgan fingerprint density at radius 1 is 1.24 bits per heavy atom. The van der Waals surface area contributed by atoms with Gasteiger partial charge in [-0.15, -0.1) is 0 Å². The van der Waals surface area contributed by atoms with Gasteiger partial charge in [-0.25, -0.2) is 8.78 Å². The van der Waals surface area contributed by atoms with Gasteiger partial charge in [-0.3, -0.25) is 0 Å². The van der Waals surface area contributed by atoms with Crippen molar-refractivity contribution in [3.05, 3.63) is 35.4 Å². The van der Waals surface area contributed by atoms with E-state index in [0.717, 1.165) is 31.9 Å². The third-order valence-corrected chi connectivity index (χ3v) is 4.05. The SMILES string of the molecule is CCCNC(COC1CCCCC1)c1cccc(F)c1F. The number of ether oxygens (including phenoxy) is 1. The molecule has 2 rings (SSSR count). The molecule has 0 aromatic heterocycles. The molecule has 1 unspecified atom stereocenters. The minimum Gasteiger partial charge on any atom is -0.376 e. The second kappa shape index (κ2) is 8.44. The number of hydrogen-bond acceptors (Lipinski definition) is 2. The summed E-state index contributed by atoms with van der Waals surface area (Å²) in [7, 11) is 0. The molecule has 1 aromatic rings. The molecule has 1 atom stereocenters. The zero-order valence-corrected chi connectivity index (χ0v) is 12.7. The van der Waals surface area contributed by atoms with Crippen LogP contribution in [0.15, 0.2) is 18.2 Å². The summed E-state index contributed by atoms with van der Waals surface area (Å²) in [5, 5.41) is 3.26. The lowest BCUT2D eigenvalue weighted by Crippen LogP contribution is -2.30. The van der Waals surface area contributed by atoms with Crippen LogP contribution in [0.25, 0.3) is 0 Å². The maximum Gasteiger partial charge on any atom is 0.163 e. The van der Waals surface area contributed by atoms with E-state index in [9.17, 15) is 8.78 Å². The van der Waals surface area contributed by atoms with Crippen molar-refractivity contribution < 1.29 is 13.5 Å². The molecule has 2 nitrogen and oxygen atoms in total. The molecule has 0 saturated heterocycles. The van der Waals surface area contributed by atoms with Crippen molar-refractivity contribution in [1.82, 2.24) is 5.32 Å². The van der Waals surface area contributed by atoms with E-state index in [4.69, 9.17) is 4.74 Å². The van der Waals surface area contributed by atoms with Gasteiger partial charge in [0.05, 0.1) is 18.8 Å². The van der Waals surface area contributed by atoms with Gasteiger partial charge in [0.25, 0.3) is 0 Å². The largest absolute Gasteiger partial charge is 0.376 e. The Morgan fingerprint density at radius 2 is 2.00 bits per heavy atom. The summed E-state index contributed by atoms with van der Waals surface area (Å²) in [6, 6.07) is 4.05. The monoisotopic (exact) mass is 297 g/mol. The highest BCUT2D eigenvalue weighted by molar-refractivity contribution is 5.22. The maximum absolute atomic E-state index is 14.0. The van der Waals surface area contributed by atoms with Crippen LogP contribution in [0, 0.1) is 11.6 Å². The first-order valence-corrected chi connectivity index (χ1v) is 8.01. The minimum atomic E-state index is -0.798. The van der Waals surface area contributed by atoms with Crippen molar-refractivity contribution >= 4 is 0 Å². The number of nitrogens with one attached hydrogen (secondary N) is 1. The third kappa shape index (κ3) is 4.75. The summed E-state index contributed by atoms with van der Waals surface area (Å²) in [5.41, 5.74) is 0.360. The Labute approximate surface area is 125 Å². The highest BCUT2D eigenvalue weighted by atomic mass is 19.2. The van der Waals surface area contributed by atoms with Gasteiger partial charge in [0.2, 0.25) is 0 Å². The average Bonchev–Trinajstić information content (AvgIpc) is 2.52. The van der Waals surface area contributed by atoms with E-state index in [0.29, 0.717) is 12.2 Å². The lowest BCUT2D eigenvalue weighted by molar-refractivity contribution is 0.0150. The molecule has 1 aliphatic rings. The fourth-order valence-electron chi connectivity index (χ4n) is 2.83. The summed E-state index contributed by atoms with van der Waals surface area (Å²) in [6.45, 7) is 3.20. The molecule has 0 radical (unpaired) electrons. The molecule has 0 spiro atoms. The lowest BCUT2D eigenvalue weighted by atomic mass is 9.97. The van der Waals surface area contributed by atoms with Crippen LogP contribution in [0.4, 0.5) is 8.78 Å². The molecule has 0 bridgehead atoms. The molecule has 21 heavy (non-hydrogen) atoms. The highest BCUT2D eigenvalue weighted by Gasteiger charge is 2.21. The van der Waals surface area contributed by atoms with Gasteiger partial charge in [0.1, 0.15) is 0 Å². The average molecular weight is 297 g/mol. The van der Waals surface area contributed by atoms with E-state index in [1.54, 1.807) is 12.1 Å². The minimum absolute atomic E-state index is 0.265. The summed E-state index contributed by atoms with van der Waals surface area (Å²) in [5.74, 6) is -1.56. The molecular weight excluding hydrogens is 272 g/mol. The van der Waals surface area contributed by atoms with Crippen LogP contribution in [0.5, 0.6) is 0 Å². The molecule has 1 fully saturated rings. The summed E-state index contributed by atoms with van der Waals surface area (Å²) in [4.78, 5) is 0. The van der Waals surface area contributed by atoms with Crippen molar-refractivity contribution in [3.8, 4) is 0 Å². The molecule has 1 aromatic carbocycles. The number of rotatable bonds is 7. The van der Waals surface area contributed by atoms with E-state index in [2.05, 4.69) is 5.32 Å². The Balaban J connectivity index is 2.01. The Morgan fingerprint density at radius 3 is 2.71 bits per heavy atom. The summed E-state index contributed by atoms with van der Waals surface area (Å²) < 4.78 is 33.3. The molecule has 1 N–H and O–H groups in total. The first kappa shape index (κ1) is 16.4. The highest BCUT2D eigenvalue weighted by Crippen LogP contribution is 2.24. The molecule has 4 heteroatoms. The first-order valence-electron chi connectivity index (χ1n) is 8.01. The van der Waals surface area contributed by atoms with Crippen LogP contribution in [-0.4, -0.2) is 19.3 Å². The van der Waals surface area contributed by atoms with Gasteiger partial charge < -0.3 is 10.1 Å². The molecule has 0 amide bonds. The van der Waals surface area contributed by atoms with Gasteiger partial charge in [-0.2, -0.15) is 0 Å². The van der Waals surface area contributed by atoms with Gasteiger partial charge in [0.15, 0.2) is 11.6 Å². The summed E-state index contributed by atoms with van der Waals surface area (Å²) >= 11 is 0. The van der Waals surface area contributed by atoms with Gasteiger partial charge in [0, 0.05) is 5.56 Å².